The van der Waals surface area contributed by atoms with Crippen LogP contribution in [-0.2, 0) is 0 Å². The molecule has 2 N–H and O–H groups in total. The van der Waals surface area contributed by atoms with Crippen molar-refractivity contribution in [2.24, 2.45) is 5.92 Å². The van der Waals surface area contributed by atoms with Crippen LogP contribution in [-0.4, -0.2) is 22.1 Å². The van der Waals surface area contributed by atoms with Gasteiger partial charge in [0.2, 0.25) is 0 Å². The Kier molecular flexibility index (Phi) is 3.99. The maximum absolute atomic E-state index is 10.7. The van der Waals surface area contributed by atoms with Gasteiger partial charge in [-0.05, 0) is 18.8 Å². The first-order chi connectivity index (χ1) is 8.19. The highest BCUT2D eigenvalue weighted by molar-refractivity contribution is 7.13. The van der Waals surface area contributed by atoms with E-state index in [0.717, 1.165) is 11.0 Å². The summed E-state index contributed by atoms with van der Waals surface area (Å²) in [5.41, 5.74) is 0.139. The molecule has 0 amide bonds. The Morgan fingerprint density at radius 3 is 3.12 bits per heavy atom. The molecule has 2 rings (SSSR count). The molecule has 0 aliphatic heterocycles. The second-order valence-electron chi connectivity index (χ2n) is 4.63. The highest BCUT2D eigenvalue weighted by atomic mass is 32.1. The fourth-order valence-corrected chi connectivity index (χ4v) is 3.17. The van der Waals surface area contributed by atoms with Crippen LogP contribution in [0.15, 0.2) is 5.38 Å². The zero-order chi connectivity index (χ0) is 12.3. The Morgan fingerprint density at radius 1 is 1.65 bits per heavy atom. The highest BCUT2D eigenvalue weighted by Gasteiger charge is 2.21. The molecule has 0 saturated heterocycles. The van der Waals surface area contributed by atoms with Gasteiger partial charge in [-0.1, -0.05) is 26.2 Å². The summed E-state index contributed by atoms with van der Waals surface area (Å²) in [5, 5.41) is 14.5. The fraction of sp³-hybridized carbons (Fsp3) is 0.667. The molecule has 1 aromatic rings. The van der Waals surface area contributed by atoms with Gasteiger partial charge in [-0.25, -0.2) is 9.78 Å². The van der Waals surface area contributed by atoms with Gasteiger partial charge in [0.05, 0.1) is 0 Å². The molecule has 1 aliphatic carbocycles. The Hall–Kier alpha value is -1.10. The SMILES string of the molecule is CCC1CCCC(Nc2nc(C(=O)O)cs2)C1. The Balaban J connectivity index is 1.93. The lowest BCUT2D eigenvalue weighted by atomic mass is 9.84. The molecule has 94 valence electrons. The van der Waals surface area contributed by atoms with Crippen molar-refractivity contribution in [1.29, 1.82) is 0 Å². The van der Waals surface area contributed by atoms with Crippen molar-refractivity contribution in [3.63, 3.8) is 0 Å². The summed E-state index contributed by atoms with van der Waals surface area (Å²) in [6.07, 6.45) is 6.16. The summed E-state index contributed by atoms with van der Waals surface area (Å²) >= 11 is 1.38. The largest absolute Gasteiger partial charge is 0.476 e. The monoisotopic (exact) mass is 254 g/mol. The molecule has 5 heteroatoms. The standard InChI is InChI=1S/C12H18N2O2S/c1-2-8-4-3-5-9(6-8)13-12-14-10(7-17-12)11(15)16/h7-9H,2-6H2,1H3,(H,13,14)(H,15,16). The van der Waals surface area contributed by atoms with Crippen molar-refractivity contribution in [2.75, 3.05) is 5.32 Å². The quantitative estimate of drug-likeness (QED) is 0.866. The maximum Gasteiger partial charge on any atom is 0.355 e. The number of aromatic carboxylic acids is 1. The van der Waals surface area contributed by atoms with E-state index in [1.165, 1.54) is 43.4 Å². The normalized spacial score (nSPS) is 24.5. The van der Waals surface area contributed by atoms with E-state index in [1.807, 2.05) is 0 Å². The van der Waals surface area contributed by atoms with Gasteiger partial charge in [-0.3, -0.25) is 0 Å². The molecule has 4 nitrogen and oxygen atoms in total. The predicted octanol–water partition coefficient (Wildman–Crippen LogP) is 3.22. The van der Waals surface area contributed by atoms with E-state index in [4.69, 9.17) is 5.11 Å². The first kappa shape index (κ1) is 12.4. The zero-order valence-electron chi connectivity index (χ0n) is 9.98. The molecular formula is C12H18N2O2S. The number of carboxylic acid groups (broad SMARTS) is 1. The summed E-state index contributed by atoms with van der Waals surface area (Å²) in [6, 6.07) is 0.460. The van der Waals surface area contributed by atoms with Gasteiger partial charge in [0.1, 0.15) is 0 Å². The number of thiazole rings is 1. The molecule has 2 unspecified atom stereocenters. The minimum absolute atomic E-state index is 0.139. The number of aromatic nitrogens is 1. The summed E-state index contributed by atoms with van der Waals surface area (Å²) in [5.74, 6) is -0.149. The van der Waals surface area contributed by atoms with E-state index in [9.17, 15) is 4.79 Å². The van der Waals surface area contributed by atoms with Gasteiger partial charge in [-0.2, -0.15) is 0 Å². The van der Waals surface area contributed by atoms with Crippen LogP contribution in [0, 0.1) is 5.92 Å². The van der Waals surface area contributed by atoms with Crippen molar-refractivity contribution < 1.29 is 9.90 Å². The second kappa shape index (κ2) is 5.49. The van der Waals surface area contributed by atoms with Crippen molar-refractivity contribution >= 4 is 22.4 Å². The number of carbonyl (C=O) groups is 1. The van der Waals surface area contributed by atoms with Crippen LogP contribution in [0.2, 0.25) is 0 Å². The zero-order valence-corrected chi connectivity index (χ0v) is 10.8. The lowest BCUT2D eigenvalue weighted by Gasteiger charge is -2.28. The van der Waals surface area contributed by atoms with Crippen LogP contribution in [0.1, 0.15) is 49.5 Å². The number of carboxylic acids is 1. The number of hydrogen-bond donors (Lipinski definition) is 2. The first-order valence-electron chi connectivity index (χ1n) is 6.14. The van der Waals surface area contributed by atoms with Gasteiger partial charge >= 0.3 is 5.97 Å². The average Bonchev–Trinajstić information content (AvgIpc) is 2.78. The smallest absolute Gasteiger partial charge is 0.355 e. The molecule has 2 atom stereocenters. The lowest BCUT2D eigenvalue weighted by Crippen LogP contribution is -2.27. The van der Waals surface area contributed by atoms with E-state index >= 15 is 0 Å². The summed E-state index contributed by atoms with van der Waals surface area (Å²) in [7, 11) is 0. The van der Waals surface area contributed by atoms with Crippen molar-refractivity contribution in [2.45, 2.75) is 45.1 Å². The number of anilines is 1. The van der Waals surface area contributed by atoms with Crippen molar-refractivity contribution in [3.8, 4) is 0 Å². The second-order valence-corrected chi connectivity index (χ2v) is 5.48. The molecule has 1 saturated carbocycles. The van der Waals surface area contributed by atoms with Crippen LogP contribution in [0.4, 0.5) is 5.13 Å². The number of rotatable bonds is 4. The molecular weight excluding hydrogens is 236 g/mol. The molecule has 1 fully saturated rings. The Labute approximate surface area is 105 Å². The summed E-state index contributed by atoms with van der Waals surface area (Å²) < 4.78 is 0. The lowest BCUT2D eigenvalue weighted by molar-refractivity contribution is 0.0691. The first-order valence-corrected chi connectivity index (χ1v) is 7.02. The third-order valence-corrected chi connectivity index (χ3v) is 4.18. The number of hydrogen-bond acceptors (Lipinski definition) is 4. The molecule has 1 aliphatic rings. The highest BCUT2D eigenvalue weighted by Crippen LogP contribution is 2.29. The van der Waals surface area contributed by atoms with E-state index in [0.29, 0.717) is 6.04 Å². The van der Waals surface area contributed by atoms with Crippen molar-refractivity contribution in [1.82, 2.24) is 4.98 Å². The molecule has 17 heavy (non-hydrogen) atoms. The number of nitrogens with one attached hydrogen (secondary N) is 1. The Bertz CT molecular complexity index is 392. The van der Waals surface area contributed by atoms with E-state index in [1.54, 1.807) is 5.38 Å². The molecule has 0 aromatic carbocycles. The van der Waals surface area contributed by atoms with Crippen LogP contribution in [0.25, 0.3) is 0 Å². The summed E-state index contributed by atoms with van der Waals surface area (Å²) in [4.78, 5) is 14.8. The third kappa shape index (κ3) is 3.19. The topological polar surface area (TPSA) is 62.2 Å². The minimum Gasteiger partial charge on any atom is -0.476 e. The van der Waals surface area contributed by atoms with Crippen LogP contribution in [0.5, 0.6) is 0 Å². The fourth-order valence-electron chi connectivity index (χ4n) is 2.41. The van der Waals surface area contributed by atoms with Gasteiger partial charge in [-0.15, -0.1) is 11.3 Å². The van der Waals surface area contributed by atoms with Gasteiger partial charge in [0.25, 0.3) is 0 Å². The van der Waals surface area contributed by atoms with Crippen molar-refractivity contribution in [3.05, 3.63) is 11.1 Å². The van der Waals surface area contributed by atoms with Crippen LogP contribution >= 0.6 is 11.3 Å². The molecule has 0 bridgehead atoms. The van der Waals surface area contributed by atoms with E-state index in [-0.39, 0.29) is 5.69 Å². The van der Waals surface area contributed by atoms with E-state index < -0.39 is 5.97 Å². The molecule has 1 aromatic heterocycles. The maximum atomic E-state index is 10.7. The van der Waals surface area contributed by atoms with Gasteiger partial charge in [0.15, 0.2) is 10.8 Å². The molecule has 1 heterocycles. The number of nitrogens with zero attached hydrogens (tertiary/aromatic N) is 1. The van der Waals surface area contributed by atoms with Gasteiger partial charge < -0.3 is 10.4 Å². The average molecular weight is 254 g/mol. The molecule has 0 radical (unpaired) electrons. The van der Waals surface area contributed by atoms with Crippen LogP contribution in [0.3, 0.4) is 0 Å². The third-order valence-electron chi connectivity index (χ3n) is 3.41. The summed E-state index contributed by atoms with van der Waals surface area (Å²) in [6.45, 7) is 2.24. The molecule has 0 spiro atoms. The predicted molar refractivity (Wildman–Crippen MR) is 68.7 cm³/mol. The van der Waals surface area contributed by atoms with Crippen LogP contribution < -0.4 is 5.32 Å². The van der Waals surface area contributed by atoms with E-state index in [2.05, 4.69) is 17.2 Å². The van der Waals surface area contributed by atoms with Gasteiger partial charge in [0, 0.05) is 11.4 Å². The Morgan fingerprint density at radius 2 is 2.47 bits per heavy atom. The minimum atomic E-state index is -0.954.